The Labute approximate surface area is 230 Å². The number of fused-ring (bicyclic) bond motifs is 1. The molecule has 4 rings (SSSR count). The number of nitrogens with zero attached hydrogens (tertiary/aromatic N) is 3. The first kappa shape index (κ1) is 27.9. The summed E-state index contributed by atoms with van der Waals surface area (Å²) in [5, 5.41) is 2.77. The number of imidazole rings is 1. The Kier molecular flexibility index (Phi) is 9.36. The number of carbonyl (C=O) groups is 2. The molecular weight excluding hydrogens is 488 g/mol. The van der Waals surface area contributed by atoms with Crippen molar-refractivity contribution in [3.05, 3.63) is 95.3 Å². The average molecular weight is 527 g/mol. The van der Waals surface area contributed by atoms with Gasteiger partial charge in [0.05, 0.1) is 11.0 Å². The SMILES string of the molecule is CCN(CC)C(=O)c1ccc2c(c1)nc(Cc1ccc(OC(=O)NCc3ccccc3)cc1)n2CCC(C)C. The fourth-order valence-corrected chi connectivity index (χ4v) is 4.55. The largest absolute Gasteiger partial charge is 0.412 e. The molecule has 0 unspecified atom stereocenters. The maximum Gasteiger partial charge on any atom is 0.412 e. The molecule has 4 aromatic rings. The topological polar surface area (TPSA) is 76.5 Å². The van der Waals surface area contributed by atoms with Gasteiger partial charge in [0.15, 0.2) is 0 Å². The Hall–Kier alpha value is -4.13. The van der Waals surface area contributed by atoms with E-state index in [1.165, 1.54) is 0 Å². The van der Waals surface area contributed by atoms with Crippen molar-refractivity contribution in [3.63, 3.8) is 0 Å². The third-order valence-corrected chi connectivity index (χ3v) is 6.83. The summed E-state index contributed by atoms with van der Waals surface area (Å²) >= 11 is 0. The lowest BCUT2D eigenvalue weighted by atomic mass is 10.1. The Morgan fingerprint density at radius 3 is 2.33 bits per heavy atom. The minimum atomic E-state index is -0.489. The summed E-state index contributed by atoms with van der Waals surface area (Å²) in [7, 11) is 0. The Morgan fingerprint density at radius 2 is 1.67 bits per heavy atom. The molecule has 2 amide bonds. The predicted molar refractivity (Wildman–Crippen MR) is 155 cm³/mol. The maximum atomic E-state index is 12.9. The van der Waals surface area contributed by atoms with Crippen molar-refractivity contribution in [2.24, 2.45) is 5.92 Å². The number of aryl methyl sites for hydroxylation is 1. The smallest absolute Gasteiger partial charge is 0.410 e. The molecule has 204 valence electrons. The van der Waals surface area contributed by atoms with Crippen LogP contribution in [-0.2, 0) is 19.5 Å². The Balaban J connectivity index is 1.49. The second kappa shape index (κ2) is 13.1. The third kappa shape index (κ3) is 7.25. The van der Waals surface area contributed by atoms with Crippen molar-refractivity contribution < 1.29 is 14.3 Å². The zero-order chi connectivity index (χ0) is 27.8. The van der Waals surface area contributed by atoms with E-state index in [2.05, 4.69) is 23.7 Å². The summed E-state index contributed by atoms with van der Waals surface area (Å²) < 4.78 is 7.71. The molecule has 7 heteroatoms. The number of ether oxygens (including phenoxy) is 1. The fraction of sp³-hybridized carbons (Fsp3) is 0.344. The number of benzene rings is 3. The van der Waals surface area contributed by atoms with Gasteiger partial charge in [0.25, 0.3) is 5.91 Å². The van der Waals surface area contributed by atoms with Gasteiger partial charge >= 0.3 is 6.09 Å². The second-order valence-corrected chi connectivity index (χ2v) is 10.1. The van der Waals surface area contributed by atoms with Gasteiger partial charge in [-0.3, -0.25) is 4.79 Å². The molecule has 0 radical (unpaired) electrons. The van der Waals surface area contributed by atoms with E-state index in [0.717, 1.165) is 41.0 Å². The molecule has 1 heterocycles. The number of carbonyl (C=O) groups excluding carboxylic acids is 2. The molecule has 0 saturated carbocycles. The van der Waals surface area contributed by atoms with Crippen molar-refractivity contribution in [2.75, 3.05) is 13.1 Å². The van der Waals surface area contributed by atoms with Gasteiger partial charge in [-0.15, -0.1) is 0 Å². The Morgan fingerprint density at radius 1 is 0.949 bits per heavy atom. The van der Waals surface area contributed by atoms with Gasteiger partial charge in [-0.05, 0) is 67.6 Å². The maximum absolute atomic E-state index is 12.9. The average Bonchev–Trinajstić information content (AvgIpc) is 3.29. The van der Waals surface area contributed by atoms with E-state index in [-0.39, 0.29) is 5.91 Å². The lowest BCUT2D eigenvalue weighted by Gasteiger charge is -2.18. The highest BCUT2D eigenvalue weighted by Crippen LogP contribution is 2.23. The number of amides is 2. The molecule has 0 spiro atoms. The van der Waals surface area contributed by atoms with Crippen LogP contribution in [0.15, 0.2) is 72.8 Å². The van der Waals surface area contributed by atoms with Crippen LogP contribution in [-0.4, -0.2) is 39.5 Å². The molecule has 3 aromatic carbocycles. The van der Waals surface area contributed by atoms with Gasteiger partial charge in [0.1, 0.15) is 11.6 Å². The Bertz CT molecular complexity index is 1390. The molecule has 0 saturated heterocycles. The molecule has 0 aliphatic carbocycles. The molecule has 0 bridgehead atoms. The van der Waals surface area contributed by atoms with E-state index >= 15 is 0 Å². The summed E-state index contributed by atoms with van der Waals surface area (Å²) in [5.41, 5.74) is 4.61. The zero-order valence-electron chi connectivity index (χ0n) is 23.3. The lowest BCUT2D eigenvalue weighted by Crippen LogP contribution is -2.30. The predicted octanol–water partition coefficient (Wildman–Crippen LogP) is 6.44. The highest BCUT2D eigenvalue weighted by molar-refractivity contribution is 5.97. The van der Waals surface area contributed by atoms with Gasteiger partial charge < -0.3 is 19.5 Å². The highest BCUT2D eigenvalue weighted by atomic mass is 16.6. The molecule has 1 N–H and O–H groups in total. The second-order valence-electron chi connectivity index (χ2n) is 10.1. The molecular formula is C32H38N4O3. The van der Waals surface area contributed by atoms with Crippen molar-refractivity contribution in [1.82, 2.24) is 19.8 Å². The fourth-order valence-electron chi connectivity index (χ4n) is 4.55. The minimum Gasteiger partial charge on any atom is -0.410 e. The lowest BCUT2D eigenvalue weighted by molar-refractivity contribution is 0.0773. The highest BCUT2D eigenvalue weighted by Gasteiger charge is 2.17. The van der Waals surface area contributed by atoms with Gasteiger partial charge in [-0.2, -0.15) is 0 Å². The van der Waals surface area contributed by atoms with E-state index in [0.29, 0.717) is 43.3 Å². The number of rotatable bonds is 11. The molecule has 39 heavy (non-hydrogen) atoms. The number of hydrogen-bond acceptors (Lipinski definition) is 4. The standard InChI is InChI=1S/C32H38N4O3/c1-5-35(6-2)31(37)26-14-17-29-28(21-26)34-30(36(29)19-18-23(3)4)20-24-12-15-27(16-13-24)39-32(38)33-22-25-10-8-7-9-11-25/h7-17,21,23H,5-6,18-20,22H2,1-4H3,(H,33,38). The van der Waals surface area contributed by atoms with Crippen molar-refractivity contribution in [2.45, 2.75) is 53.6 Å². The van der Waals surface area contributed by atoms with Crippen LogP contribution in [0.5, 0.6) is 5.75 Å². The normalized spacial score (nSPS) is 11.1. The molecule has 0 atom stereocenters. The van der Waals surface area contributed by atoms with Gasteiger partial charge in [0.2, 0.25) is 0 Å². The van der Waals surface area contributed by atoms with Crippen molar-refractivity contribution >= 4 is 23.0 Å². The zero-order valence-corrected chi connectivity index (χ0v) is 23.3. The first-order valence-electron chi connectivity index (χ1n) is 13.7. The van der Waals surface area contributed by atoms with E-state index in [4.69, 9.17) is 9.72 Å². The summed E-state index contributed by atoms with van der Waals surface area (Å²) in [4.78, 5) is 31.9. The summed E-state index contributed by atoms with van der Waals surface area (Å²) in [6.45, 7) is 11.0. The molecule has 0 fully saturated rings. The van der Waals surface area contributed by atoms with Crippen LogP contribution < -0.4 is 10.1 Å². The van der Waals surface area contributed by atoms with Gasteiger partial charge in [-0.25, -0.2) is 9.78 Å². The summed E-state index contributed by atoms with van der Waals surface area (Å²) in [6, 6.07) is 23.1. The summed E-state index contributed by atoms with van der Waals surface area (Å²) in [5.74, 6) is 2.02. The first-order chi connectivity index (χ1) is 18.9. The summed E-state index contributed by atoms with van der Waals surface area (Å²) in [6.07, 6.45) is 1.17. The number of hydrogen-bond donors (Lipinski definition) is 1. The van der Waals surface area contributed by atoms with Crippen LogP contribution >= 0.6 is 0 Å². The van der Waals surface area contributed by atoms with Gasteiger partial charge in [0, 0.05) is 38.2 Å². The van der Waals surface area contributed by atoms with E-state index in [9.17, 15) is 9.59 Å². The third-order valence-electron chi connectivity index (χ3n) is 6.83. The number of nitrogens with one attached hydrogen (secondary N) is 1. The van der Waals surface area contributed by atoms with Gasteiger partial charge in [-0.1, -0.05) is 56.3 Å². The molecule has 0 aliphatic rings. The monoisotopic (exact) mass is 526 g/mol. The van der Waals surface area contributed by atoms with Crippen LogP contribution in [0, 0.1) is 5.92 Å². The van der Waals surface area contributed by atoms with Crippen LogP contribution in [0.2, 0.25) is 0 Å². The van der Waals surface area contributed by atoms with E-state index in [1.54, 1.807) is 12.1 Å². The molecule has 7 nitrogen and oxygen atoms in total. The van der Waals surface area contributed by atoms with E-state index < -0.39 is 6.09 Å². The molecule has 0 aliphatic heterocycles. The first-order valence-corrected chi connectivity index (χ1v) is 13.7. The van der Waals surface area contributed by atoms with E-state index in [1.807, 2.05) is 79.4 Å². The van der Waals surface area contributed by atoms with Crippen molar-refractivity contribution in [3.8, 4) is 5.75 Å². The number of aromatic nitrogens is 2. The minimum absolute atomic E-state index is 0.0311. The van der Waals surface area contributed by atoms with Crippen LogP contribution in [0.3, 0.4) is 0 Å². The van der Waals surface area contributed by atoms with Crippen LogP contribution in [0.25, 0.3) is 11.0 Å². The quantitative estimate of drug-likeness (QED) is 0.244. The van der Waals surface area contributed by atoms with Crippen LogP contribution in [0.1, 0.15) is 61.4 Å². The molecule has 1 aromatic heterocycles. The van der Waals surface area contributed by atoms with Crippen LogP contribution in [0.4, 0.5) is 4.79 Å². The van der Waals surface area contributed by atoms with Crippen molar-refractivity contribution in [1.29, 1.82) is 0 Å².